The molecule has 0 aliphatic heterocycles. The fourth-order valence-electron chi connectivity index (χ4n) is 3.06. The Morgan fingerprint density at radius 2 is 1.76 bits per heavy atom. The number of hydrogen-bond donors (Lipinski definition) is 1. The summed E-state index contributed by atoms with van der Waals surface area (Å²) in [5.74, 6) is 0. The molecule has 0 spiro atoms. The number of halogens is 2. The molecule has 1 heterocycles. The van der Waals surface area contributed by atoms with Gasteiger partial charge in [0.15, 0.2) is 4.77 Å². The second kappa shape index (κ2) is 4.87. The summed E-state index contributed by atoms with van der Waals surface area (Å²) in [5.41, 5.74) is 5.79. The Bertz CT molecular complexity index is 924. The van der Waals surface area contributed by atoms with Gasteiger partial charge in [-0.3, -0.25) is 4.57 Å². The third kappa shape index (κ3) is 2.11. The Morgan fingerprint density at radius 3 is 2.62 bits per heavy atom. The van der Waals surface area contributed by atoms with E-state index >= 15 is 0 Å². The standard InChI is InChI=1S/C16H12Cl2N2S/c17-12-7-14-15(8-13(12)18)20(16(21)19-14)11-5-4-9-2-1-3-10(9)6-11/h4-8H,1-3H2,(H,19,21). The number of rotatable bonds is 1. The number of aromatic amines is 1. The molecule has 0 amide bonds. The fraction of sp³-hybridized carbons (Fsp3) is 0.188. The Hall–Kier alpha value is -1.29. The van der Waals surface area contributed by atoms with E-state index in [4.69, 9.17) is 35.4 Å². The smallest absolute Gasteiger partial charge is 0.182 e. The molecule has 0 unspecified atom stereocenters. The van der Waals surface area contributed by atoms with E-state index in [-0.39, 0.29) is 0 Å². The number of aromatic nitrogens is 2. The van der Waals surface area contributed by atoms with Gasteiger partial charge in [0, 0.05) is 5.69 Å². The van der Waals surface area contributed by atoms with Crippen LogP contribution in [-0.4, -0.2) is 9.55 Å². The monoisotopic (exact) mass is 334 g/mol. The van der Waals surface area contributed by atoms with E-state index in [1.54, 1.807) is 0 Å². The van der Waals surface area contributed by atoms with Crippen molar-refractivity contribution in [1.29, 1.82) is 0 Å². The summed E-state index contributed by atoms with van der Waals surface area (Å²) < 4.78 is 2.67. The van der Waals surface area contributed by atoms with Gasteiger partial charge in [0.2, 0.25) is 0 Å². The van der Waals surface area contributed by atoms with Gasteiger partial charge in [0.1, 0.15) is 0 Å². The molecular formula is C16H12Cl2N2S. The molecule has 21 heavy (non-hydrogen) atoms. The third-order valence-corrected chi connectivity index (χ3v) is 5.07. The molecule has 1 aromatic heterocycles. The van der Waals surface area contributed by atoms with Gasteiger partial charge in [-0.25, -0.2) is 0 Å². The van der Waals surface area contributed by atoms with Crippen molar-refractivity contribution in [3.63, 3.8) is 0 Å². The van der Waals surface area contributed by atoms with Crippen LogP contribution in [0.1, 0.15) is 17.5 Å². The van der Waals surface area contributed by atoms with Gasteiger partial charge in [-0.15, -0.1) is 0 Å². The molecular weight excluding hydrogens is 323 g/mol. The average molecular weight is 335 g/mol. The van der Waals surface area contributed by atoms with Crippen LogP contribution in [0.5, 0.6) is 0 Å². The predicted octanol–water partition coefficient (Wildman–Crippen LogP) is 5.48. The van der Waals surface area contributed by atoms with Crippen molar-refractivity contribution >= 4 is 46.5 Å². The quantitative estimate of drug-likeness (QED) is 0.584. The minimum absolute atomic E-state index is 0.529. The van der Waals surface area contributed by atoms with Crippen LogP contribution in [0, 0.1) is 4.77 Å². The molecule has 0 atom stereocenters. The molecule has 0 saturated heterocycles. The number of benzene rings is 2. The lowest BCUT2D eigenvalue weighted by molar-refractivity contribution is 0.911. The predicted molar refractivity (Wildman–Crippen MR) is 90.5 cm³/mol. The van der Waals surface area contributed by atoms with Gasteiger partial charge in [-0.2, -0.15) is 0 Å². The average Bonchev–Trinajstić information content (AvgIpc) is 3.02. The zero-order valence-electron chi connectivity index (χ0n) is 11.1. The van der Waals surface area contributed by atoms with E-state index in [9.17, 15) is 0 Å². The van der Waals surface area contributed by atoms with Gasteiger partial charge >= 0.3 is 0 Å². The van der Waals surface area contributed by atoms with Crippen molar-refractivity contribution in [2.45, 2.75) is 19.3 Å². The van der Waals surface area contributed by atoms with Crippen LogP contribution < -0.4 is 0 Å². The van der Waals surface area contributed by atoms with Crippen LogP contribution in [0.2, 0.25) is 10.0 Å². The van der Waals surface area contributed by atoms with Crippen LogP contribution in [0.25, 0.3) is 16.7 Å². The summed E-state index contributed by atoms with van der Waals surface area (Å²) in [6.07, 6.45) is 3.56. The van der Waals surface area contributed by atoms with E-state index in [0.29, 0.717) is 14.8 Å². The fourth-order valence-corrected chi connectivity index (χ4v) is 3.69. The van der Waals surface area contributed by atoms with Crippen molar-refractivity contribution in [2.75, 3.05) is 0 Å². The highest BCUT2D eigenvalue weighted by molar-refractivity contribution is 7.71. The van der Waals surface area contributed by atoms with Gasteiger partial charge in [-0.05, 0) is 66.9 Å². The maximum absolute atomic E-state index is 6.16. The first kappa shape index (κ1) is 13.4. The number of nitrogens with zero attached hydrogens (tertiary/aromatic N) is 1. The summed E-state index contributed by atoms with van der Waals surface area (Å²) in [4.78, 5) is 3.20. The van der Waals surface area contributed by atoms with E-state index in [0.717, 1.165) is 23.1 Å². The second-order valence-corrected chi connectivity index (χ2v) is 6.56. The van der Waals surface area contributed by atoms with Crippen LogP contribution in [0.15, 0.2) is 30.3 Å². The Balaban J connectivity index is 2.00. The van der Waals surface area contributed by atoms with Gasteiger partial charge < -0.3 is 4.98 Å². The van der Waals surface area contributed by atoms with E-state index in [2.05, 4.69) is 23.2 Å². The first-order chi connectivity index (χ1) is 10.1. The van der Waals surface area contributed by atoms with E-state index in [1.165, 1.54) is 24.0 Å². The van der Waals surface area contributed by atoms with Crippen molar-refractivity contribution in [3.05, 3.63) is 56.3 Å². The van der Waals surface area contributed by atoms with Crippen molar-refractivity contribution in [3.8, 4) is 5.69 Å². The van der Waals surface area contributed by atoms with Gasteiger partial charge in [0.05, 0.1) is 21.1 Å². The Kier molecular flexibility index (Phi) is 3.10. The highest BCUT2D eigenvalue weighted by Crippen LogP contribution is 2.31. The number of fused-ring (bicyclic) bond motifs is 2. The molecule has 2 nitrogen and oxygen atoms in total. The lowest BCUT2D eigenvalue weighted by Crippen LogP contribution is -1.96. The molecule has 5 heteroatoms. The zero-order chi connectivity index (χ0) is 14.6. The molecule has 3 aromatic rings. The normalized spacial score (nSPS) is 13.8. The Labute approximate surface area is 137 Å². The molecule has 1 aliphatic carbocycles. The molecule has 0 bridgehead atoms. The van der Waals surface area contributed by atoms with Crippen molar-refractivity contribution in [1.82, 2.24) is 9.55 Å². The lowest BCUT2D eigenvalue weighted by atomic mass is 10.1. The molecule has 2 aromatic carbocycles. The van der Waals surface area contributed by atoms with Gasteiger partial charge in [-0.1, -0.05) is 29.3 Å². The van der Waals surface area contributed by atoms with E-state index in [1.807, 2.05) is 16.7 Å². The minimum atomic E-state index is 0.529. The topological polar surface area (TPSA) is 20.7 Å². The first-order valence-corrected chi connectivity index (χ1v) is 8.02. The number of nitrogens with one attached hydrogen (secondary N) is 1. The highest BCUT2D eigenvalue weighted by Gasteiger charge is 2.14. The SMILES string of the molecule is S=c1[nH]c2cc(Cl)c(Cl)cc2n1-c1ccc2c(c1)CCC2. The molecule has 0 saturated carbocycles. The van der Waals surface area contributed by atoms with Crippen LogP contribution in [0.3, 0.4) is 0 Å². The molecule has 4 rings (SSSR count). The van der Waals surface area contributed by atoms with Crippen LogP contribution in [0.4, 0.5) is 0 Å². The number of imidazole rings is 1. The van der Waals surface area contributed by atoms with Crippen molar-refractivity contribution in [2.24, 2.45) is 0 Å². The summed E-state index contributed by atoms with van der Waals surface area (Å²) in [5, 5.41) is 1.06. The van der Waals surface area contributed by atoms with E-state index < -0.39 is 0 Å². The molecule has 0 fully saturated rings. The highest BCUT2D eigenvalue weighted by atomic mass is 35.5. The number of H-pyrrole nitrogens is 1. The first-order valence-electron chi connectivity index (χ1n) is 6.85. The molecule has 1 N–H and O–H groups in total. The number of hydrogen-bond acceptors (Lipinski definition) is 1. The van der Waals surface area contributed by atoms with Crippen LogP contribution in [-0.2, 0) is 12.8 Å². The summed E-state index contributed by atoms with van der Waals surface area (Å²) >= 11 is 17.7. The van der Waals surface area contributed by atoms with Crippen LogP contribution >= 0.6 is 35.4 Å². The minimum Gasteiger partial charge on any atom is -0.330 e. The summed E-state index contributed by atoms with van der Waals surface area (Å²) in [6, 6.07) is 10.2. The maximum Gasteiger partial charge on any atom is 0.182 e. The van der Waals surface area contributed by atoms with Gasteiger partial charge in [0.25, 0.3) is 0 Å². The van der Waals surface area contributed by atoms with Crippen molar-refractivity contribution < 1.29 is 0 Å². The third-order valence-electron chi connectivity index (χ3n) is 4.06. The lowest BCUT2D eigenvalue weighted by Gasteiger charge is -2.08. The summed E-state index contributed by atoms with van der Waals surface area (Å²) in [7, 11) is 0. The molecule has 1 aliphatic rings. The zero-order valence-corrected chi connectivity index (χ0v) is 13.4. The Morgan fingerprint density at radius 1 is 1.00 bits per heavy atom. The molecule has 106 valence electrons. The summed E-state index contributed by atoms with van der Waals surface area (Å²) in [6.45, 7) is 0. The molecule has 0 radical (unpaired) electrons. The second-order valence-electron chi connectivity index (χ2n) is 5.36. The largest absolute Gasteiger partial charge is 0.330 e. The number of aryl methyl sites for hydroxylation is 2. The maximum atomic E-state index is 6.16.